The molecule has 2 N–H and O–H groups in total. The first-order chi connectivity index (χ1) is 9.94. The third-order valence-electron chi connectivity index (χ3n) is 2.98. The van der Waals surface area contributed by atoms with Gasteiger partial charge in [0.1, 0.15) is 11.6 Å². The van der Waals surface area contributed by atoms with Gasteiger partial charge < -0.3 is 15.2 Å². The van der Waals surface area contributed by atoms with Crippen molar-refractivity contribution in [1.82, 2.24) is 10.2 Å². The van der Waals surface area contributed by atoms with E-state index < -0.39 is 41.6 Å². The lowest BCUT2D eigenvalue weighted by molar-refractivity contribution is -0.158. The van der Waals surface area contributed by atoms with Crippen molar-refractivity contribution in [3.63, 3.8) is 0 Å². The molecule has 1 rings (SSSR count). The molecule has 0 aromatic heterocycles. The van der Waals surface area contributed by atoms with E-state index >= 15 is 0 Å². The van der Waals surface area contributed by atoms with Crippen LogP contribution in [0.3, 0.4) is 0 Å². The van der Waals surface area contributed by atoms with Crippen LogP contribution in [0, 0.1) is 0 Å². The summed E-state index contributed by atoms with van der Waals surface area (Å²) in [6.45, 7) is 7.90. The van der Waals surface area contributed by atoms with Crippen LogP contribution >= 0.6 is 0 Å². The summed E-state index contributed by atoms with van der Waals surface area (Å²) in [7, 11) is 0. The third-order valence-corrected chi connectivity index (χ3v) is 2.98. The Hall–Kier alpha value is -2.38. The molecule has 8 nitrogen and oxygen atoms in total. The molecule has 0 spiro atoms. The lowest BCUT2D eigenvalue weighted by Crippen LogP contribution is -2.71. The number of β-lactam (4-membered cyclic amide) rings is 1. The van der Waals surface area contributed by atoms with Gasteiger partial charge in [0.25, 0.3) is 11.8 Å². The Morgan fingerprint density at radius 1 is 1.32 bits per heavy atom. The van der Waals surface area contributed by atoms with Gasteiger partial charge in [0.2, 0.25) is 0 Å². The highest BCUT2D eigenvalue weighted by molar-refractivity contribution is 6.10. The van der Waals surface area contributed by atoms with Crippen molar-refractivity contribution < 1.29 is 29.0 Å². The van der Waals surface area contributed by atoms with Crippen molar-refractivity contribution in [2.24, 2.45) is 0 Å². The molecule has 1 heterocycles. The minimum atomic E-state index is -1.24. The fourth-order valence-electron chi connectivity index (χ4n) is 1.87. The number of ether oxygens (including phenoxy) is 1. The molecular weight excluding hydrogens is 292 g/mol. The van der Waals surface area contributed by atoms with E-state index in [-0.39, 0.29) is 5.57 Å². The van der Waals surface area contributed by atoms with Crippen LogP contribution in [0.25, 0.3) is 0 Å². The van der Waals surface area contributed by atoms with Crippen LogP contribution in [0.4, 0.5) is 4.79 Å². The predicted molar refractivity (Wildman–Crippen MR) is 75.9 cm³/mol. The molecule has 0 aromatic carbocycles. The molecule has 8 heteroatoms. The van der Waals surface area contributed by atoms with Crippen molar-refractivity contribution in [2.75, 3.05) is 0 Å². The van der Waals surface area contributed by atoms with E-state index in [0.29, 0.717) is 0 Å². The number of hydrogen-bond donors (Lipinski definition) is 2. The summed E-state index contributed by atoms with van der Waals surface area (Å²) in [5.41, 5.74) is -0.870. The van der Waals surface area contributed by atoms with Crippen LogP contribution in [0.5, 0.6) is 0 Å². The van der Waals surface area contributed by atoms with Crippen molar-refractivity contribution in [2.45, 2.75) is 52.3 Å². The minimum Gasteiger partial charge on any atom is -0.478 e. The van der Waals surface area contributed by atoms with Gasteiger partial charge in [-0.1, -0.05) is 0 Å². The lowest BCUT2D eigenvalue weighted by atomic mass is 9.96. The van der Waals surface area contributed by atoms with Crippen molar-refractivity contribution >= 4 is 23.9 Å². The summed E-state index contributed by atoms with van der Waals surface area (Å²) in [5, 5.41) is 11.1. The maximum Gasteiger partial charge on any atom is 0.408 e. The lowest BCUT2D eigenvalue weighted by Gasteiger charge is -2.43. The summed E-state index contributed by atoms with van der Waals surface area (Å²) < 4.78 is 5.04. The molecule has 1 saturated heterocycles. The third kappa shape index (κ3) is 4.06. The molecule has 1 fully saturated rings. The fourth-order valence-corrected chi connectivity index (χ4v) is 1.87. The van der Waals surface area contributed by atoms with Gasteiger partial charge in [-0.15, -0.1) is 0 Å². The van der Waals surface area contributed by atoms with Gasteiger partial charge in [0.15, 0.2) is 0 Å². The summed E-state index contributed by atoms with van der Waals surface area (Å²) in [4.78, 5) is 47.0. The number of likely N-dealkylation sites (tertiary alicyclic amines) is 1. The highest BCUT2D eigenvalue weighted by Gasteiger charge is 2.48. The molecule has 0 radical (unpaired) electrons. The predicted octanol–water partition coefficient (Wildman–Crippen LogP) is 0.668. The molecule has 0 aromatic rings. The quantitative estimate of drug-likeness (QED) is 0.585. The van der Waals surface area contributed by atoms with Crippen molar-refractivity contribution in [3.05, 3.63) is 11.6 Å². The zero-order valence-electron chi connectivity index (χ0n) is 13.2. The zero-order chi connectivity index (χ0) is 17.2. The number of imide groups is 1. The molecule has 2 atom stereocenters. The molecular formula is C14H20N2O6. The number of hydrogen-bond acceptors (Lipinski definition) is 5. The largest absolute Gasteiger partial charge is 0.478 e. The van der Waals surface area contributed by atoms with E-state index in [2.05, 4.69) is 5.32 Å². The van der Waals surface area contributed by atoms with E-state index in [9.17, 15) is 19.2 Å². The average molecular weight is 312 g/mol. The number of nitrogens with one attached hydrogen (secondary N) is 1. The second-order valence-electron chi connectivity index (χ2n) is 6.04. The number of carbonyl (C=O) groups is 4. The second kappa shape index (κ2) is 6.17. The highest BCUT2D eigenvalue weighted by Crippen LogP contribution is 2.21. The second-order valence-corrected chi connectivity index (χ2v) is 6.04. The number of carbonyl (C=O) groups excluding carboxylic acids is 3. The molecule has 3 amide bonds. The Kier molecular flexibility index (Phi) is 4.95. The first-order valence-electron chi connectivity index (χ1n) is 6.72. The van der Waals surface area contributed by atoms with Gasteiger partial charge in [-0.3, -0.25) is 14.5 Å². The van der Waals surface area contributed by atoms with Gasteiger partial charge in [-0.2, -0.15) is 0 Å². The number of amides is 3. The Morgan fingerprint density at radius 2 is 1.86 bits per heavy atom. The van der Waals surface area contributed by atoms with Gasteiger partial charge >= 0.3 is 12.1 Å². The minimum absolute atomic E-state index is 0.173. The summed E-state index contributed by atoms with van der Waals surface area (Å²) in [6.07, 6.45) is 0.127. The maximum absolute atomic E-state index is 11.9. The number of rotatable bonds is 3. The van der Waals surface area contributed by atoms with Gasteiger partial charge in [0, 0.05) is 11.6 Å². The van der Waals surface area contributed by atoms with Gasteiger partial charge in [0.05, 0.1) is 6.04 Å². The van der Waals surface area contributed by atoms with E-state index in [1.165, 1.54) is 6.92 Å². The van der Waals surface area contributed by atoms with E-state index in [1.807, 2.05) is 0 Å². The molecule has 1 aliphatic rings. The summed E-state index contributed by atoms with van der Waals surface area (Å²) in [5.74, 6) is -2.56. The van der Waals surface area contributed by atoms with Crippen LogP contribution < -0.4 is 5.32 Å². The number of alkyl carbamates (subject to hydrolysis) is 1. The normalized spacial score (nSPS) is 22.0. The standard InChI is InChI=1S/C14H20N2O6/c1-7(12(19)20)6-9(17)16-8(2)10(11(16)18)15-13(21)22-14(3,4)5/h6,8,10H,1-5H3,(H,15,21)(H,19,20)/b7-6-/t8-,10+/m1/s1. The SMILES string of the molecule is C/C(=C/C(=O)N1C(=O)[C@@H](NC(=O)OC(C)(C)C)[C@H]1C)C(=O)O. The van der Waals surface area contributed by atoms with Crippen LogP contribution in [-0.2, 0) is 19.1 Å². The van der Waals surface area contributed by atoms with Crippen LogP contribution in [-0.4, -0.2) is 51.6 Å². The van der Waals surface area contributed by atoms with E-state index in [1.54, 1.807) is 27.7 Å². The van der Waals surface area contributed by atoms with Crippen molar-refractivity contribution in [1.29, 1.82) is 0 Å². The number of aliphatic carboxylic acids is 1. The first kappa shape index (κ1) is 17.7. The monoisotopic (exact) mass is 312 g/mol. The Morgan fingerprint density at radius 3 is 2.27 bits per heavy atom. The number of carboxylic acid groups (broad SMARTS) is 1. The summed E-state index contributed by atoms with van der Waals surface area (Å²) >= 11 is 0. The summed E-state index contributed by atoms with van der Waals surface area (Å²) in [6, 6.07) is -1.44. The number of carboxylic acids is 1. The van der Waals surface area contributed by atoms with Crippen LogP contribution in [0.15, 0.2) is 11.6 Å². The molecule has 22 heavy (non-hydrogen) atoms. The Labute approximate surface area is 128 Å². The number of nitrogens with zero attached hydrogens (tertiary/aromatic N) is 1. The van der Waals surface area contributed by atoms with Gasteiger partial charge in [-0.25, -0.2) is 9.59 Å². The average Bonchev–Trinajstić information content (AvgIpc) is 2.34. The molecule has 122 valence electrons. The molecule has 0 aliphatic carbocycles. The first-order valence-corrected chi connectivity index (χ1v) is 6.72. The molecule has 0 bridgehead atoms. The van der Waals surface area contributed by atoms with Crippen LogP contribution in [0.1, 0.15) is 34.6 Å². The topological polar surface area (TPSA) is 113 Å². The maximum atomic E-state index is 11.9. The zero-order valence-corrected chi connectivity index (χ0v) is 13.2. The molecule has 0 unspecified atom stereocenters. The Balaban J connectivity index is 2.68. The van der Waals surface area contributed by atoms with Crippen molar-refractivity contribution in [3.8, 4) is 0 Å². The highest BCUT2D eigenvalue weighted by atomic mass is 16.6. The molecule has 1 aliphatic heterocycles. The Bertz CT molecular complexity index is 546. The smallest absolute Gasteiger partial charge is 0.408 e. The van der Waals surface area contributed by atoms with Crippen LogP contribution in [0.2, 0.25) is 0 Å². The van der Waals surface area contributed by atoms with E-state index in [0.717, 1.165) is 11.0 Å². The molecule has 0 saturated carbocycles. The van der Waals surface area contributed by atoms with Gasteiger partial charge in [-0.05, 0) is 34.6 Å². The fraction of sp³-hybridized carbons (Fsp3) is 0.571. The van der Waals surface area contributed by atoms with E-state index in [4.69, 9.17) is 9.84 Å².